The molecule has 2 aliphatic heterocycles. The van der Waals surface area contributed by atoms with Crippen LogP contribution < -0.4 is 5.48 Å². The van der Waals surface area contributed by atoms with Crippen LogP contribution in [0.15, 0.2) is 41.0 Å². The van der Waals surface area contributed by atoms with Crippen molar-refractivity contribution < 1.29 is 4.84 Å². The highest BCUT2D eigenvalue weighted by Gasteiger charge is 2.37. The lowest BCUT2D eigenvalue weighted by atomic mass is 9.91. The molecule has 2 heterocycles. The number of nitrogens with zero attached hydrogens (tertiary/aromatic N) is 1. The van der Waals surface area contributed by atoms with E-state index < -0.39 is 0 Å². The maximum atomic E-state index is 5.69. The molecule has 1 saturated heterocycles. The van der Waals surface area contributed by atoms with Crippen LogP contribution in [-0.4, -0.2) is 30.1 Å². The van der Waals surface area contributed by atoms with Crippen molar-refractivity contribution in [1.82, 2.24) is 10.4 Å². The molecular formula is C15H19BrN2O. The summed E-state index contributed by atoms with van der Waals surface area (Å²) in [5, 5.41) is 0. The van der Waals surface area contributed by atoms with Crippen molar-refractivity contribution in [3.63, 3.8) is 0 Å². The van der Waals surface area contributed by atoms with Gasteiger partial charge in [-0.05, 0) is 46.8 Å². The molecule has 0 atom stereocenters. The van der Waals surface area contributed by atoms with E-state index in [-0.39, 0.29) is 5.60 Å². The molecule has 3 rings (SSSR count). The lowest BCUT2D eigenvalue weighted by molar-refractivity contribution is -0.0717. The van der Waals surface area contributed by atoms with Crippen molar-refractivity contribution >= 4 is 15.9 Å². The number of benzene rings is 1. The summed E-state index contributed by atoms with van der Waals surface area (Å²) < 4.78 is 0.963. The van der Waals surface area contributed by atoms with E-state index in [1.165, 1.54) is 5.56 Å². The van der Waals surface area contributed by atoms with Crippen LogP contribution in [0.2, 0.25) is 0 Å². The number of likely N-dealkylation sites (tertiary alicyclic amines) is 1. The Labute approximate surface area is 122 Å². The number of halogens is 1. The van der Waals surface area contributed by atoms with Crippen molar-refractivity contribution in [2.24, 2.45) is 0 Å². The second-order valence-corrected chi connectivity index (χ2v) is 6.19. The first-order chi connectivity index (χ1) is 9.26. The molecule has 2 aliphatic rings. The third kappa shape index (κ3) is 3.19. The normalized spacial score (nSPS) is 22.3. The molecule has 0 unspecified atom stereocenters. The molecule has 1 spiro atoms. The van der Waals surface area contributed by atoms with Crippen molar-refractivity contribution in [2.45, 2.75) is 24.9 Å². The number of piperidine rings is 1. The van der Waals surface area contributed by atoms with Crippen LogP contribution in [0.4, 0.5) is 0 Å². The average Bonchev–Trinajstić information content (AvgIpc) is 2.81. The molecule has 0 radical (unpaired) electrons. The van der Waals surface area contributed by atoms with Crippen LogP contribution in [-0.2, 0) is 11.3 Å². The summed E-state index contributed by atoms with van der Waals surface area (Å²) in [6.45, 7) is 3.34. The SMILES string of the molecule is BrC1=CC2(CCN(CCc3ccccc3)CC2)ON1. The van der Waals surface area contributed by atoms with Crippen molar-refractivity contribution in [2.75, 3.05) is 19.6 Å². The van der Waals surface area contributed by atoms with Gasteiger partial charge in [-0.15, -0.1) is 0 Å². The summed E-state index contributed by atoms with van der Waals surface area (Å²) in [4.78, 5) is 8.22. The summed E-state index contributed by atoms with van der Waals surface area (Å²) in [5.74, 6) is 0. The maximum Gasteiger partial charge on any atom is 0.119 e. The number of hydroxylamine groups is 1. The minimum absolute atomic E-state index is 0.0813. The minimum Gasteiger partial charge on any atom is -0.303 e. The van der Waals surface area contributed by atoms with Gasteiger partial charge in [0.05, 0.1) is 0 Å². The number of rotatable bonds is 3. The van der Waals surface area contributed by atoms with Crippen LogP contribution in [0.3, 0.4) is 0 Å². The van der Waals surface area contributed by atoms with E-state index in [9.17, 15) is 0 Å². The smallest absolute Gasteiger partial charge is 0.119 e. The van der Waals surface area contributed by atoms with Crippen LogP contribution in [0.1, 0.15) is 18.4 Å². The van der Waals surface area contributed by atoms with Gasteiger partial charge in [0.1, 0.15) is 10.2 Å². The van der Waals surface area contributed by atoms with Crippen LogP contribution >= 0.6 is 15.9 Å². The van der Waals surface area contributed by atoms with E-state index in [1.807, 2.05) is 0 Å². The second kappa shape index (κ2) is 5.65. The summed E-state index contributed by atoms with van der Waals surface area (Å²) in [7, 11) is 0. The predicted octanol–water partition coefficient (Wildman–Crippen LogP) is 2.83. The van der Waals surface area contributed by atoms with Gasteiger partial charge in [-0.25, -0.2) is 0 Å². The first kappa shape index (κ1) is 13.2. The van der Waals surface area contributed by atoms with Gasteiger partial charge in [0, 0.05) is 19.6 Å². The fraction of sp³-hybridized carbons (Fsp3) is 0.467. The highest BCUT2D eigenvalue weighted by Crippen LogP contribution is 2.33. The number of hydrogen-bond acceptors (Lipinski definition) is 3. The summed E-state index contributed by atoms with van der Waals surface area (Å²) in [6.07, 6.45) is 5.42. The largest absolute Gasteiger partial charge is 0.303 e. The third-order valence-electron chi connectivity index (χ3n) is 4.00. The van der Waals surface area contributed by atoms with Gasteiger partial charge in [-0.1, -0.05) is 30.3 Å². The molecule has 0 saturated carbocycles. The molecule has 3 nitrogen and oxygen atoms in total. The van der Waals surface area contributed by atoms with E-state index in [0.717, 1.165) is 43.5 Å². The maximum absolute atomic E-state index is 5.69. The Kier molecular flexibility index (Phi) is 3.91. The Balaban J connectivity index is 1.48. The summed E-state index contributed by atoms with van der Waals surface area (Å²) in [5.41, 5.74) is 4.25. The Hall–Kier alpha value is -0.840. The average molecular weight is 323 g/mol. The predicted molar refractivity (Wildman–Crippen MR) is 79.8 cm³/mol. The standard InChI is InChI=1S/C15H19BrN2O/c16-14-12-15(19-17-14)7-10-18(11-8-15)9-6-13-4-2-1-3-5-13/h1-5,12,17H,6-11H2. The van der Waals surface area contributed by atoms with Gasteiger partial charge in [-0.2, -0.15) is 0 Å². The fourth-order valence-electron chi connectivity index (χ4n) is 2.77. The van der Waals surface area contributed by atoms with Crippen molar-refractivity contribution in [3.8, 4) is 0 Å². The van der Waals surface area contributed by atoms with Crippen molar-refractivity contribution in [1.29, 1.82) is 0 Å². The second-order valence-electron chi connectivity index (χ2n) is 5.34. The van der Waals surface area contributed by atoms with Gasteiger partial charge >= 0.3 is 0 Å². The molecule has 0 aliphatic carbocycles. The van der Waals surface area contributed by atoms with Gasteiger partial charge in [0.25, 0.3) is 0 Å². The zero-order valence-corrected chi connectivity index (χ0v) is 12.5. The Morgan fingerprint density at radius 2 is 1.95 bits per heavy atom. The van der Waals surface area contributed by atoms with Gasteiger partial charge < -0.3 is 4.90 Å². The molecule has 0 amide bonds. The van der Waals surface area contributed by atoms with Crippen molar-refractivity contribution in [3.05, 3.63) is 46.6 Å². The number of nitrogens with one attached hydrogen (secondary N) is 1. The molecular weight excluding hydrogens is 304 g/mol. The Morgan fingerprint density at radius 1 is 1.21 bits per heavy atom. The summed E-state index contributed by atoms with van der Waals surface area (Å²) >= 11 is 3.44. The molecule has 1 fully saturated rings. The van der Waals surface area contributed by atoms with E-state index in [2.05, 4.69) is 62.7 Å². The zero-order valence-electron chi connectivity index (χ0n) is 10.9. The summed E-state index contributed by atoms with van der Waals surface area (Å²) in [6, 6.07) is 10.7. The molecule has 4 heteroatoms. The van der Waals surface area contributed by atoms with E-state index in [0.29, 0.717) is 0 Å². The molecule has 19 heavy (non-hydrogen) atoms. The molecule has 102 valence electrons. The van der Waals surface area contributed by atoms with Gasteiger partial charge in [0.15, 0.2) is 0 Å². The third-order valence-corrected chi connectivity index (χ3v) is 4.39. The zero-order chi connectivity index (χ0) is 13.1. The van der Waals surface area contributed by atoms with E-state index >= 15 is 0 Å². The van der Waals surface area contributed by atoms with Gasteiger partial charge in [-0.3, -0.25) is 10.3 Å². The quantitative estimate of drug-likeness (QED) is 0.866. The van der Waals surface area contributed by atoms with Crippen LogP contribution in [0.5, 0.6) is 0 Å². The topological polar surface area (TPSA) is 24.5 Å². The van der Waals surface area contributed by atoms with Crippen LogP contribution in [0.25, 0.3) is 0 Å². The first-order valence-electron chi connectivity index (χ1n) is 6.84. The monoisotopic (exact) mass is 322 g/mol. The molecule has 0 aromatic heterocycles. The lowest BCUT2D eigenvalue weighted by Gasteiger charge is -2.36. The molecule has 1 N–H and O–H groups in total. The number of hydrogen-bond donors (Lipinski definition) is 1. The Bertz CT molecular complexity index is 452. The molecule has 1 aromatic carbocycles. The van der Waals surface area contributed by atoms with Gasteiger partial charge in [0.2, 0.25) is 0 Å². The molecule has 0 bridgehead atoms. The van der Waals surface area contributed by atoms with E-state index in [4.69, 9.17) is 4.84 Å². The molecule has 1 aromatic rings. The highest BCUT2D eigenvalue weighted by atomic mass is 79.9. The first-order valence-corrected chi connectivity index (χ1v) is 7.64. The lowest BCUT2D eigenvalue weighted by Crippen LogP contribution is -2.45. The van der Waals surface area contributed by atoms with Crippen LogP contribution in [0, 0.1) is 0 Å². The highest BCUT2D eigenvalue weighted by molar-refractivity contribution is 9.11. The fourth-order valence-corrected chi connectivity index (χ4v) is 3.27. The van der Waals surface area contributed by atoms with E-state index in [1.54, 1.807) is 0 Å². The minimum atomic E-state index is -0.0813. The Morgan fingerprint density at radius 3 is 2.58 bits per heavy atom.